The summed E-state index contributed by atoms with van der Waals surface area (Å²) < 4.78 is 1.38. The zero-order chi connectivity index (χ0) is 19.6. The van der Waals surface area contributed by atoms with Crippen molar-refractivity contribution < 1.29 is 9.90 Å². The van der Waals surface area contributed by atoms with E-state index in [1.807, 2.05) is 31.2 Å². The number of carbonyl (C=O) groups is 1. The van der Waals surface area contributed by atoms with E-state index in [0.29, 0.717) is 26.7 Å². The first-order valence-corrected chi connectivity index (χ1v) is 10.9. The third-order valence-corrected chi connectivity index (χ3v) is 6.21. The normalized spacial score (nSPS) is 17.3. The molecule has 1 aliphatic rings. The SMILES string of the molecule is CCc1ccccc1N=C1S/C(=C/c2cc(Br)cc(Br)c2O)C(=O)N1CC. The Hall–Kier alpha value is -1.57. The molecule has 3 rings (SSSR count). The fraction of sp³-hybridized carbons (Fsp3) is 0.200. The fourth-order valence-electron chi connectivity index (χ4n) is 2.73. The Morgan fingerprint density at radius 1 is 1.22 bits per heavy atom. The van der Waals surface area contributed by atoms with Gasteiger partial charge < -0.3 is 5.11 Å². The Bertz CT molecular complexity index is 957. The van der Waals surface area contributed by atoms with Gasteiger partial charge in [-0.3, -0.25) is 9.69 Å². The molecule has 0 saturated carbocycles. The molecule has 0 atom stereocenters. The second kappa shape index (κ2) is 8.63. The van der Waals surface area contributed by atoms with E-state index in [0.717, 1.165) is 22.1 Å². The largest absolute Gasteiger partial charge is 0.506 e. The van der Waals surface area contributed by atoms with Crippen LogP contribution in [0.2, 0.25) is 0 Å². The van der Waals surface area contributed by atoms with E-state index in [1.165, 1.54) is 11.8 Å². The van der Waals surface area contributed by atoms with Gasteiger partial charge in [0.15, 0.2) is 5.17 Å². The van der Waals surface area contributed by atoms with Crippen LogP contribution >= 0.6 is 43.6 Å². The van der Waals surface area contributed by atoms with Crippen LogP contribution in [-0.2, 0) is 11.2 Å². The number of thioether (sulfide) groups is 1. The zero-order valence-electron chi connectivity index (χ0n) is 14.9. The Morgan fingerprint density at radius 3 is 2.67 bits per heavy atom. The van der Waals surface area contributed by atoms with Crippen molar-refractivity contribution in [2.45, 2.75) is 20.3 Å². The van der Waals surface area contributed by atoms with Gasteiger partial charge in [0.2, 0.25) is 0 Å². The number of benzene rings is 2. The van der Waals surface area contributed by atoms with Crippen LogP contribution in [0.25, 0.3) is 6.08 Å². The number of aliphatic imine (C=N–C) groups is 1. The number of phenols is 1. The lowest BCUT2D eigenvalue weighted by Crippen LogP contribution is -2.28. The number of halogens is 2. The van der Waals surface area contributed by atoms with E-state index in [2.05, 4.69) is 38.8 Å². The summed E-state index contributed by atoms with van der Waals surface area (Å²) in [5.41, 5.74) is 2.58. The highest BCUT2D eigenvalue weighted by molar-refractivity contribution is 9.11. The number of nitrogens with zero attached hydrogens (tertiary/aromatic N) is 2. The second-order valence-electron chi connectivity index (χ2n) is 5.86. The number of likely N-dealkylation sites (N-methyl/N-ethyl adjacent to an activating group) is 1. The third-order valence-electron chi connectivity index (χ3n) is 4.14. The number of para-hydroxylation sites is 1. The predicted molar refractivity (Wildman–Crippen MR) is 119 cm³/mol. The van der Waals surface area contributed by atoms with Crippen LogP contribution in [0.1, 0.15) is 25.0 Å². The number of hydrogen-bond acceptors (Lipinski definition) is 4. The lowest BCUT2D eigenvalue weighted by molar-refractivity contribution is -0.122. The van der Waals surface area contributed by atoms with Gasteiger partial charge in [-0.25, -0.2) is 4.99 Å². The highest BCUT2D eigenvalue weighted by Crippen LogP contribution is 2.38. The van der Waals surface area contributed by atoms with Gasteiger partial charge in [-0.1, -0.05) is 41.1 Å². The van der Waals surface area contributed by atoms with Crippen molar-refractivity contribution in [3.8, 4) is 5.75 Å². The molecule has 140 valence electrons. The molecule has 1 heterocycles. The van der Waals surface area contributed by atoms with E-state index in [9.17, 15) is 9.90 Å². The molecule has 0 aliphatic carbocycles. The van der Waals surface area contributed by atoms with Crippen molar-refractivity contribution in [2.75, 3.05) is 6.54 Å². The van der Waals surface area contributed by atoms with Crippen LogP contribution in [0.15, 0.2) is 55.2 Å². The minimum absolute atomic E-state index is 0.101. The molecule has 27 heavy (non-hydrogen) atoms. The fourth-order valence-corrected chi connectivity index (χ4v) is 5.03. The Kier molecular flexibility index (Phi) is 6.44. The van der Waals surface area contributed by atoms with E-state index in [-0.39, 0.29) is 11.7 Å². The summed E-state index contributed by atoms with van der Waals surface area (Å²) >= 11 is 8.06. The van der Waals surface area contributed by atoms with Crippen LogP contribution in [0.4, 0.5) is 5.69 Å². The van der Waals surface area contributed by atoms with Crippen LogP contribution < -0.4 is 0 Å². The van der Waals surface area contributed by atoms with Crippen LogP contribution in [-0.4, -0.2) is 27.6 Å². The monoisotopic (exact) mass is 508 g/mol. The summed E-state index contributed by atoms with van der Waals surface area (Å²) in [5, 5.41) is 10.9. The number of aromatic hydroxyl groups is 1. The van der Waals surface area contributed by atoms with Gasteiger partial charge in [0.1, 0.15) is 5.75 Å². The summed E-state index contributed by atoms with van der Waals surface area (Å²) in [4.78, 5) is 19.8. The van der Waals surface area contributed by atoms with Crippen molar-refractivity contribution in [3.05, 3.63) is 61.4 Å². The van der Waals surface area contributed by atoms with E-state index in [1.54, 1.807) is 23.1 Å². The quantitative estimate of drug-likeness (QED) is 0.506. The number of phenolic OH excluding ortho intramolecular Hbond substituents is 1. The maximum absolute atomic E-state index is 12.8. The molecule has 7 heteroatoms. The van der Waals surface area contributed by atoms with Crippen LogP contribution in [0.3, 0.4) is 0 Å². The summed E-state index contributed by atoms with van der Waals surface area (Å²) in [7, 11) is 0. The summed E-state index contributed by atoms with van der Waals surface area (Å²) in [6, 6.07) is 11.5. The molecule has 1 N–H and O–H groups in total. The van der Waals surface area contributed by atoms with Gasteiger partial charge in [-0.2, -0.15) is 0 Å². The number of amidine groups is 1. The molecule has 1 saturated heterocycles. The van der Waals surface area contributed by atoms with E-state index < -0.39 is 0 Å². The number of carbonyl (C=O) groups excluding carboxylic acids is 1. The molecule has 0 radical (unpaired) electrons. The van der Waals surface area contributed by atoms with Crippen LogP contribution in [0.5, 0.6) is 5.75 Å². The number of hydrogen-bond donors (Lipinski definition) is 1. The number of amides is 1. The molecule has 2 aromatic rings. The van der Waals surface area contributed by atoms with Gasteiger partial charge in [0.25, 0.3) is 5.91 Å². The number of rotatable bonds is 4. The average Bonchev–Trinajstić information content (AvgIpc) is 2.94. The summed E-state index contributed by atoms with van der Waals surface area (Å²) in [6.07, 6.45) is 2.58. The minimum atomic E-state index is -0.106. The van der Waals surface area contributed by atoms with Gasteiger partial charge in [0, 0.05) is 16.6 Å². The van der Waals surface area contributed by atoms with E-state index in [4.69, 9.17) is 4.99 Å². The zero-order valence-corrected chi connectivity index (χ0v) is 18.9. The topological polar surface area (TPSA) is 52.9 Å². The highest BCUT2D eigenvalue weighted by atomic mass is 79.9. The molecule has 1 aliphatic heterocycles. The predicted octanol–water partition coefficient (Wildman–Crippen LogP) is 6.10. The highest BCUT2D eigenvalue weighted by Gasteiger charge is 2.32. The smallest absolute Gasteiger partial charge is 0.266 e. The molecule has 0 spiro atoms. The summed E-state index contributed by atoms with van der Waals surface area (Å²) in [6.45, 7) is 4.54. The van der Waals surface area contributed by atoms with Gasteiger partial charge in [0.05, 0.1) is 15.1 Å². The molecule has 1 fully saturated rings. The average molecular weight is 510 g/mol. The molecular weight excluding hydrogens is 492 g/mol. The summed E-state index contributed by atoms with van der Waals surface area (Å²) in [5.74, 6) is -0.00501. The van der Waals surface area contributed by atoms with Crippen molar-refractivity contribution >= 4 is 66.5 Å². The first kappa shape index (κ1) is 20.2. The second-order valence-corrected chi connectivity index (χ2v) is 8.64. The Labute approximate surface area is 179 Å². The molecule has 1 amide bonds. The maximum Gasteiger partial charge on any atom is 0.266 e. The molecule has 4 nitrogen and oxygen atoms in total. The molecule has 2 aromatic carbocycles. The van der Waals surface area contributed by atoms with Crippen molar-refractivity contribution in [3.63, 3.8) is 0 Å². The molecule has 0 unspecified atom stereocenters. The minimum Gasteiger partial charge on any atom is -0.506 e. The van der Waals surface area contributed by atoms with Gasteiger partial charge >= 0.3 is 0 Å². The van der Waals surface area contributed by atoms with E-state index >= 15 is 0 Å². The molecule has 0 bridgehead atoms. The van der Waals surface area contributed by atoms with Crippen molar-refractivity contribution in [2.24, 2.45) is 4.99 Å². The van der Waals surface area contributed by atoms with Gasteiger partial charge in [-0.05, 0) is 70.9 Å². The van der Waals surface area contributed by atoms with Crippen molar-refractivity contribution in [1.82, 2.24) is 4.90 Å². The molecular formula is C20H18Br2N2O2S. The lowest BCUT2D eigenvalue weighted by atomic mass is 10.1. The first-order valence-electron chi connectivity index (χ1n) is 8.50. The van der Waals surface area contributed by atoms with Crippen molar-refractivity contribution in [1.29, 1.82) is 0 Å². The van der Waals surface area contributed by atoms with Crippen LogP contribution in [0, 0.1) is 0 Å². The Balaban J connectivity index is 2.02. The van der Waals surface area contributed by atoms with Gasteiger partial charge in [-0.15, -0.1) is 0 Å². The molecule has 0 aromatic heterocycles. The Morgan fingerprint density at radius 2 is 1.96 bits per heavy atom. The lowest BCUT2D eigenvalue weighted by Gasteiger charge is -2.12. The first-order chi connectivity index (χ1) is 12.9. The maximum atomic E-state index is 12.8. The number of aryl methyl sites for hydroxylation is 1. The standard InChI is InChI=1S/C20H18Br2N2O2S/c1-3-12-7-5-6-8-16(12)23-20-24(4-2)19(26)17(27-20)10-13-9-14(21)11-15(22)18(13)25/h5-11,25H,3-4H2,1-2H3/b17-10+,23-20?. The third kappa shape index (κ3) is 4.31.